The maximum absolute atomic E-state index is 5.40. The third kappa shape index (κ3) is 6.69. The lowest BCUT2D eigenvalue weighted by atomic mass is 10.2. The molecule has 1 rings (SSSR count). The van der Waals surface area contributed by atoms with Gasteiger partial charge in [-0.15, -0.1) is 24.0 Å². The summed E-state index contributed by atoms with van der Waals surface area (Å²) in [4.78, 5) is 4.18. The number of hydrogen-bond donors (Lipinski definition) is 2. The second-order valence-electron chi connectivity index (χ2n) is 4.35. The van der Waals surface area contributed by atoms with Gasteiger partial charge >= 0.3 is 0 Å². The number of nitrogens with zero attached hydrogens (tertiary/aromatic N) is 1. The quantitative estimate of drug-likeness (QED) is 0.290. The Labute approximate surface area is 149 Å². The Hall–Kier alpha value is -1.22. The predicted molar refractivity (Wildman–Crippen MR) is 99.7 cm³/mol. The molecule has 0 aliphatic carbocycles. The van der Waals surface area contributed by atoms with Crippen LogP contribution < -0.4 is 20.1 Å². The normalized spacial score (nSPS) is 10.6. The number of methoxy groups -OCH3 is 3. The van der Waals surface area contributed by atoms with Gasteiger partial charge in [-0.05, 0) is 12.5 Å². The van der Waals surface area contributed by atoms with Gasteiger partial charge in [0.15, 0.2) is 17.5 Å². The van der Waals surface area contributed by atoms with Crippen LogP contribution in [0, 0.1) is 0 Å². The lowest BCUT2D eigenvalue weighted by molar-refractivity contribution is 0.195. The molecular weight excluding hydrogens is 397 g/mol. The zero-order valence-corrected chi connectivity index (χ0v) is 16.0. The number of guanidine groups is 1. The van der Waals surface area contributed by atoms with Gasteiger partial charge in [0.25, 0.3) is 0 Å². The second kappa shape index (κ2) is 12.3. The number of aliphatic imine (C=N–C) groups is 1. The van der Waals surface area contributed by atoms with Crippen molar-refractivity contribution in [3.05, 3.63) is 23.8 Å². The average molecular weight is 423 g/mol. The minimum absolute atomic E-state index is 0. The maximum Gasteiger partial charge on any atom is 0.191 e. The molecule has 7 heteroatoms. The van der Waals surface area contributed by atoms with E-state index in [0.29, 0.717) is 6.54 Å². The molecule has 0 spiro atoms. The lowest BCUT2D eigenvalue weighted by Crippen LogP contribution is -2.37. The molecule has 0 bridgehead atoms. The average Bonchev–Trinajstić information content (AvgIpc) is 2.53. The van der Waals surface area contributed by atoms with Gasteiger partial charge in [-0.2, -0.15) is 0 Å². The molecular formula is C15H26IN3O3. The van der Waals surface area contributed by atoms with Crippen LogP contribution in [0.15, 0.2) is 23.2 Å². The van der Waals surface area contributed by atoms with Gasteiger partial charge in [-0.3, -0.25) is 4.99 Å². The first-order valence-electron chi connectivity index (χ1n) is 6.90. The van der Waals surface area contributed by atoms with Crippen LogP contribution in [0.5, 0.6) is 11.5 Å². The van der Waals surface area contributed by atoms with Crippen LogP contribution >= 0.6 is 24.0 Å². The molecule has 22 heavy (non-hydrogen) atoms. The summed E-state index contributed by atoms with van der Waals surface area (Å²) >= 11 is 0. The Balaban J connectivity index is 0.00000441. The van der Waals surface area contributed by atoms with E-state index >= 15 is 0 Å². The van der Waals surface area contributed by atoms with Crippen LogP contribution in [0.1, 0.15) is 12.0 Å². The van der Waals surface area contributed by atoms with E-state index in [9.17, 15) is 0 Å². The summed E-state index contributed by atoms with van der Waals surface area (Å²) in [5, 5.41) is 6.48. The van der Waals surface area contributed by atoms with Crippen molar-refractivity contribution >= 4 is 29.9 Å². The van der Waals surface area contributed by atoms with Crippen LogP contribution in [-0.4, -0.2) is 47.5 Å². The maximum atomic E-state index is 5.40. The van der Waals surface area contributed by atoms with Crippen LogP contribution in [0.3, 0.4) is 0 Å². The van der Waals surface area contributed by atoms with Crippen molar-refractivity contribution in [2.24, 2.45) is 4.99 Å². The molecule has 0 heterocycles. The molecule has 0 amide bonds. The van der Waals surface area contributed by atoms with Crippen molar-refractivity contribution in [1.29, 1.82) is 0 Å². The summed E-state index contributed by atoms with van der Waals surface area (Å²) in [5.74, 6) is 2.21. The molecule has 126 valence electrons. The third-order valence-corrected chi connectivity index (χ3v) is 2.97. The SMILES string of the molecule is CN=C(NCCCOC)NCc1cccc(OC)c1OC.I. The summed E-state index contributed by atoms with van der Waals surface area (Å²) in [6, 6.07) is 5.81. The van der Waals surface area contributed by atoms with E-state index in [1.807, 2.05) is 18.2 Å². The van der Waals surface area contributed by atoms with E-state index in [-0.39, 0.29) is 24.0 Å². The molecule has 1 aromatic carbocycles. The monoisotopic (exact) mass is 423 g/mol. The highest BCUT2D eigenvalue weighted by Crippen LogP contribution is 2.30. The number of benzene rings is 1. The van der Waals surface area contributed by atoms with Gasteiger partial charge < -0.3 is 24.8 Å². The van der Waals surface area contributed by atoms with Crippen LogP contribution in [0.4, 0.5) is 0 Å². The summed E-state index contributed by atoms with van der Waals surface area (Å²) in [5.41, 5.74) is 1.01. The van der Waals surface area contributed by atoms with Crippen molar-refractivity contribution in [1.82, 2.24) is 10.6 Å². The number of hydrogen-bond acceptors (Lipinski definition) is 4. The molecule has 0 unspecified atom stereocenters. The Morgan fingerprint density at radius 3 is 2.50 bits per heavy atom. The number of rotatable bonds is 8. The fourth-order valence-corrected chi connectivity index (χ4v) is 1.92. The van der Waals surface area contributed by atoms with E-state index in [1.165, 1.54) is 0 Å². The highest BCUT2D eigenvalue weighted by Gasteiger charge is 2.09. The molecule has 1 aromatic rings. The Kier molecular flexibility index (Phi) is 11.7. The van der Waals surface area contributed by atoms with Gasteiger partial charge in [-0.25, -0.2) is 0 Å². The standard InChI is InChI=1S/C15H25N3O3.HI/c1-16-15(17-9-6-10-19-2)18-11-12-7-5-8-13(20-3)14(12)21-4;/h5,7-8H,6,9-11H2,1-4H3,(H2,16,17,18);1H. The smallest absolute Gasteiger partial charge is 0.191 e. The predicted octanol–water partition coefficient (Wildman–Crippen LogP) is 2.02. The van der Waals surface area contributed by atoms with Crippen LogP contribution in [0.2, 0.25) is 0 Å². The van der Waals surface area contributed by atoms with E-state index in [1.54, 1.807) is 28.4 Å². The minimum atomic E-state index is 0. The fraction of sp³-hybridized carbons (Fsp3) is 0.533. The summed E-state index contributed by atoms with van der Waals surface area (Å²) in [6.07, 6.45) is 0.930. The highest BCUT2D eigenvalue weighted by molar-refractivity contribution is 14.0. The van der Waals surface area contributed by atoms with Crippen LogP contribution in [-0.2, 0) is 11.3 Å². The van der Waals surface area contributed by atoms with E-state index in [0.717, 1.165) is 42.6 Å². The molecule has 0 aromatic heterocycles. The molecule has 0 atom stereocenters. The van der Waals surface area contributed by atoms with Gasteiger partial charge in [-0.1, -0.05) is 12.1 Å². The lowest BCUT2D eigenvalue weighted by Gasteiger charge is -2.15. The first-order valence-corrected chi connectivity index (χ1v) is 6.90. The van der Waals surface area contributed by atoms with Crippen LogP contribution in [0.25, 0.3) is 0 Å². The Bertz CT molecular complexity index is 456. The number of ether oxygens (including phenoxy) is 3. The summed E-state index contributed by atoms with van der Waals surface area (Å²) < 4.78 is 15.7. The fourth-order valence-electron chi connectivity index (χ4n) is 1.92. The topological polar surface area (TPSA) is 64.1 Å². The first kappa shape index (κ1) is 20.8. The molecule has 2 N–H and O–H groups in total. The minimum Gasteiger partial charge on any atom is -0.493 e. The zero-order chi connectivity index (χ0) is 15.5. The first-order chi connectivity index (χ1) is 10.3. The molecule has 0 aliphatic heterocycles. The van der Waals surface area contributed by atoms with E-state index in [4.69, 9.17) is 14.2 Å². The van der Waals surface area contributed by atoms with Gasteiger partial charge in [0.2, 0.25) is 0 Å². The van der Waals surface area contributed by atoms with Crippen molar-refractivity contribution in [2.75, 3.05) is 41.5 Å². The van der Waals surface area contributed by atoms with Crippen molar-refractivity contribution < 1.29 is 14.2 Å². The third-order valence-electron chi connectivity index (χ3n) is 2.97. The van der Waals surface area contributed by atoms with Gasteiger partial charge in [0.1, 0.15) is 0 Å². The zero-order valence-electron chi connectivity index (χ0n) is 13.6. The molecule has 0 aliphatic rings. The number of halogens is 1. The molecule has 0 radical (unpaired) electrons. The second-order valence-corrected chi connectivity index (χ2v) is 4.35. The van der Waals surface area contributed by atoms with E-state index in [2.05, 4.69) is 15.6 Å². The van der Waals surface area contributed by atoms with E-state index < -0.39 is 0 Å². The molecule has 0 saturated carbocycles. The largest absolute Gasteiger partial charge is 0.493 e. The van der Waals surface area contributed by atoms with Gasteiger partial charge in [0.05, 0.1) is 14.2 Å². The molecule has 0 fully saturated rings. The van der Waals surface area contributed by atoms with Gasteiger partial charge in [0, 0.05) is 39.4 Å². The van der Waals surface area contributed by atoms with Crippen molar-refractivity contribution in [3.8, 4) is 11.5 Å². The molecule has 0 saturated heterocycles. The Morgan fingerprint density at radius 1 is 1.14 bits per heavy atom. The molecule has 6 nitrogen and oxygen atoms in total. The number of nitrogens with one attached hydrogen (secondary N) is 2. The number of para-hydroxylation sites is 1. The summed E-state index contributed by atoms with van der Waals surface area (Å²) in [7, 11) is 6.71. The Morgan fingerprint density at radius 2 is 1.91 bits per heavy atom. The van der Waals surface area contributed by atoms with Crippen molar-refractivity contribution in [3.63, 3.8) is 0 Å². The highest BCUT2D eigenvalue weighted by atomic mass is 127. The van der Waals surface area contributed by atoms with Crippen molar-refractivity contribution in [2.45, 2.75) is 13.0 Å². The summed E-state index contributed by atoms with van der Waals surface area (Å²) in [6.45, 7) is 2.14.